The zero-order chi connectivity index (χ0) is 22.8. The molecule has 4 atom stereocenters. The third-order valence-electron chi connectivity index (χ3n) is 5.16. The van der Waals surface area contributed by atoms with Crippen molar-refractivity contribution in [3.8, 4) is 0 Å². The third-order valence-corrected chi connectivity index (χ3v) is 8.02. The smallest absolute Gasteiger partial charge is 0.0424 e. The minimum Gasteiger partial charge on any atom is -0.170 e. The maximum Gasteiger partial charge on any atom is 0.0424 e. The van der Waals surface area contributed by atoms with Crippen LogP contribution in [-0.4, -0.2) is 0 Å². The van der Waals surface area contributed by atoms with E-state index in [1.807, 2.05) is 72.8 Å². The quantitative estimate of drug-likeness (QED) is 0.143. The Morgan fingerprint density at radius 2 is 0.455 bits per heavy atom. The summed E-state index contributed by atoms with van der Waals surface area (Å²) in [6.45, 7) is 0. The minimum atomic E-state index is 0. The minimum absolute atomic E-state index is 0. The molecule has 0 nitrogen and oxygen atoms in total. The van der Waals surface area contributed by atoms with Crippen LogP contribution < -0.4 is 0 Å². The molecule has 0 aromatic heterocycles. The summed E-state index contributed by atoms with van der Waals surface area (Å²) in [5.74, 6) is 0. The first kappa shape index (κ1) is 28.2. The molecule has 5 heteroatoms. The molecule has 174 valence electrons. The van der Waals surface area contributed by atoms with Crippen LogP contribution in [0.4, 0.5) is 0 Å². The van der Waals surface area contributed by atoms with E-state index in [9.17, 15) is 0 Å². The summed E-state index contributed by atoms with van der Waals surface area (Å²) >= 11 is 18.6. The SMILES string of the molecule is SC(c1ccccc1)C(S)c1ccccc1.SC(c1ccccc1)C(S)c1ccccc1.[Pt]. The predicted octanol–water partition coefficient (Wildman–Crippen LogP) is 8.65. The zero-order valence-electron chi connectivity index (χ0n) is 18.0. The molecule has 0 amide bonds. The van der Waals surface area contributed by atoms with Crippen molar-refractivity contribution in [3.63, 3.8) is 0 Å². The average Bonchev–Trinajstić information content (AvgIpc) is 2.89. The van der Waals surface area contributed by atoms with E-state index in [1.165, 1.54) is 22.3 Å². The molecule has 4 unspecified atom stereocenters. The van der Waals surface area contributed by atoms with Crippen LogP contribution in [-0.2, 0) is 21.1 Å². The maximum absolute atomic E-state index is 4.65. The van der Waals surface area contributed by atoms with Gasteiger partial charge in [0.25, 0.3) is 0 Å². The Balaban J connectivity index is 0.000000227. The fourth-order valence-electron chi connectivity index (χ4n) is 3.33. The summed E-state index contributed by atoms with van der Waals surface area (Å²) in [6, 6.07) is 41.0. The molecule has 4 rings (SSSR count). The molecular formula is C28H28PtS4. The Bertz CT molecular complexity index is 856. The number of hydrogen-bond acceptors (Lipinski definition) is 4. The zero-order valence-corrected chi connectivity index (χ0v) is 23.8. The van der Waals surface area contributed by atoms with Gasteiger partial charge >= 0.3 is 0 Å². The fourth-order valence-corrected chi connectivity index (χ4v) is 4.71. The molecule has 0 N–H and O–H groups in total. The van der Waals surface area contributed by atoms with Gasteiger partial charge in [-0.05, 0) is 22.3 Å². The molecule has 4 aromatic rings. The van der Waals surface area contributed by atoms with Crippen LogP contribution in [0.2, 0.25) is 0 Å². The van der Waals surface area contributed by atoms with Gasteiger partial charge in [-0.25, -0.2) is 0 Å². The predicted molar refractivity (Wildman–Crippen MR) is 153 cm³/mol. The first-order valence-corrected chi connectivity index (χ1v) is 12.6. The van der Waals surface area contributed by atoms with E-state index in [-0.39, 0.29) is 42.1 Å². The van der Waals surface area contributed by atoms with Crippen molar-refractivity contribution in [1.82, 2.24) is 0 Å². The van der Waals surface area contributed by atoms with Crippen molar-refractivity contribution >= 4 is 50.5 Å². The van der Waals surface area contributed by atoms with E-state index in [0.717, 1.165) is 0 Å². The van der Waals surface area contributed by atoms with Gasteiger partial charge in [0.1, 0.15) is 0 Å². The largest absolute Gasteiger partial charge is 0.170 e. The Labute approximate surface area is 234 Å². The van der Waals surface area contributed by atoms with E-state index >= 15 is 0 Å². The van der Waals surface area contributed by atoms with Gasteiger partial charge in [0.05, 0.1) is 0 Å². The van der Waals surface area contributed by atoms with Gasteiger partial charge in [-0.2, -0.15) is 50.5 Å². The molecule has 0 fully saturated rings. The molecule has 0 saturated heterocycles. The Morgan fingerprint density at radius 1 is 0.303 bits per heavy atom. The van der Waals surface area contributed by atoms with Crippen molar-refractivity contribution in [3.05, 3.63) is 144 Å². The molecular weight excluding hydrogens is 660 g/mol. The van der Waals surface area contributed by atoms with Gasteiger partial charge in [-0.15, -0.1) is 0 Å². The number of hydrogen-bond donors (Lipinski definition) is 4. The molecule has 0 bridgehead atoms. The molecule has 4 aromatic carbocycles. The summed E-state index contributed by atoms with van der Waals surface area (Å²) < 4.78 is 0. The van der Waals surface area contributed by atoms with E-state index in [2.05, 4.69) is 99.0 Å². The Morgan fingerprint density at radius 3 is 0.606 bits per heavy atom. The van der Waals surface area contributed by atoms with Crippen LogP contribution >= 0.6 is 50.5 Å². The van der Waals surface area contributed by atoms with Crippen molar-refractivity contribution in [2.45, 2.75) is 21.0 Å². The van der Waals surface area contributed by atoms with Gasteiger partial charge in [0.15, 0.2) is 0 Å². The van der Waals surface area contributed by atoms with Crippen molar-refractivity contribution in [2.24, 2.45) is 0 Å². The van der Waals surface area contributed by atoms with Crippen LogP contribution in [0.15, 0.2) is 121 Å². The van der Waals surface area contributed by atoms with E-state index < -0.39 is 0 Å². The van der Waals surface area contributed by atoms with Crippen molar-refractivity contribution < 1.29 is 21.1 Å². The fraction of sp³-hybridized carbons (Fsp3) is 0.143. The van der Waals surface area contributed by atoms with Gasteiger partial charge < -0.3 is 0 Å². The maximum atomic E-state index is 4.65. The third kappa shape index (κ3) is 8.60. The van der Waals surface area contributed by atoms with Crippen molar-refractivity contribution in [1.29, 1.82) is 0 Å². The topological polar surface area (TPSA) is 0 Å². The molecule has 0 aliphatic carbocycles. The average molecular weight is 688 g/mol. The van der Waals surface area contributed by atoms with Gasteiger partial charge in [-0.1, -0.05) is 121 Å². The Kier molecular flexibility index (Phi) is 12.9. The summed E-state index contributed by atoms with van der Waals surface area (Å²) in [5, 5.41) is 0.470. The molecule has 0 aliphatic heterocycles. The molecule has 0 aliphatic rings. The van der Waals surface area contributed by atoms with Crippen LogP contribution in [0.25, 0.3) is 0 Å². The normalized spacial score (nSPS) is 13.9. The second kappa shape index (κ2) is 15.1. The van der Waals surface area contributed by atoms with Crippen LogP contribution in [0.5, 0.6) is 0 Å². The van der Waals surface area contributed by atoms with Gasteiger partial charge in [-0.3, -0.25) is 0 Å². The molecule has 0 heterocycles. The summed E-state index contributed by atoms with van der Waals surface area (Å²) in [7, 11) is 0. The van der Waals surface area contributed by atoms with Gasteiger partial charge in [0, 0.05) is 42.1 Å². The summed E-state index contributed by atoms with van der Waals surface area (Å²) in [5.41, 5.74) is 4.81. The van der Waals surface area contributed by atoms with E-state index in [1.54, 1.807) is 0 Å². The first-order chi connectivity index (χ1) is 15.6. The first-order valence-electron chi connectivity index (χ1n) is 10.5. The van der Waals surface area contributed by atoms with Crippen LogP contribution in [0, 0.1) is 0 Å². The monoisotopic (exact) mass is 687 g/mol. The van der Waals surface area contributed by atoms with Crippen LogP contribution in [0.3, 0.4) is 0 Å². The Hall–Kier alpha value is -1.03. The van der Waals surface area contributed by atoms with Crippen molar-refractivity contribution in [2.75, 3.05) is 0 Å². The summed E-state index contributed by atoms with van der Waals surface area (Å²) in [6.07, 6.45) is 0. The molecule has 0 spiro atoms. The van der Waals surface area contributed by atoms with E-state index in [0.29, 0.717) is 0 Å². The molecule has 0 radical (unpaired) electrons. The molecule has 0 saturated carbocycles. The van der Waals surface area contributed by atoms with Crippen LogP contribution in [0.1, 0.15) is 43.3 Å². The summed E-state index contributed by atoms with van der Waals surface area (Å²) in [4.78, 5) is 0. The van der Waals surface area contributed by atoms with E-state index in [4.69, 9.17) is 0 Å². The number of thiol groups is 4. The number of benzene rings is 4. The standard InChI is InChI=1S/2C14H14S2.Pt/c2*15-13(11-7-3-1-4-8-11)14(16)12-9-5-2-6-10-12;/h2*1-10,13-16H;. The molecule has 33 heavy (non-hydrogen) atoms. The second-order valence-electron chi connectivity index (χ2n) is 7.42. The number of rotatable bonds is 6. The van der Waals surface area contributed by atoms with Gasteiger partial charge in [0.2, 0.25) is 0 Å². The second-order valence-corrected chi connectivity index (χ2v) is 9.65.